The average molecular weight is 413 g/mol. The summed E-state index contributed by atoms with van der Waals surface area (Å²) in [7, 11) is 0. The van der Waals surface area contributed by atoms with E-state index in [0.29, 0.717) is 17.9 Å². The van der Waals surface area contributed by atoms with Crippen LogP contribution >= 0.6 is 0 Å². The molecular formula is C23H19N5O3. The van der Waals surface area contributed by atoms with Crippen molar-refractivity contribution in [3.63, 3.8) is 0 Å². The summed E-state index contributed by atoms with van der Waals surface area (Å²) in [6, 6.07) is 22.4. The molecule has 0 unspecified atom stereocenters. The van der Waals surface area contributed by atoms with Crippen LogP contribution in [0.25, 0.3) is 33.2 Å². The number of nitrogens with zero attached hydrogens (tertiary/aromatic N) is 5. The normalized spacial score (nSPS) is 12.4. The van der Waals surface area contributed by atoms with Gasteiger partial charge in [-0.15, -0.1) is 0 Å². The Balaban J connectivity index is 1.37. The van der Waals surface area contributed by atoms with Gasteiger partial charge in [0.1, 0.15) is 6.33 Å². The number of aromatic nitrogens is 4. The average Bonchev–Trinajstić information content (AvgIpc) is 3.37. The number of hydrogen-bond donors (Lipinski definition) is 1. The molecule has 3 aromatic carbocycles. The van der Waals surface area contributed by atoms with Gasteiger partial charge in [-0.3, -0.25) is 10.1 Å². The van der Waals surface area contributed by atoms with Gasteiger partial charge in [0.05, 0.1) is 24.1 Å². The number of nitro benzene ring substituents is 1. The molecule has 0 saturated carbocycles. The molecular weight excluding hydrogens is 394 g/mol. The standard InChI is InChI=1S/C23H19N5O3/c29-18(13-26-15-24-23(25-26)16-9-11-17(12-10-16)28(30)31)14-27-21-7-3-1-5-19(21)20-6-2-4-8-22(20)27/h1-12,15,18,29H,13-14H2/t18-/m0/s1. The zero-order valence-corrected chi connectivity index (χ0v) is 16.5. The summed E-state index contributed by atoms with van der Waals surface area (Å²) in [5.41, 5.74) is 2.85. The van der Waals surface area contributed by atoms with Gasteiger partial charge < -0.3 is 9.67 Å². The lowest BCUT2D eigenvalue weighted by Gasteiger charge is -2.14. The number of aliphatic hydroxyl groups excluding tert-OH is 1. The molecule has 154 valence electrons. The SMILES string of the molecule is O=[N+]([O-])c1ccc(-c2ncn(C[C@H](O)Cn3c4ccccc4c4ccccc43)n2)cc1. The summed E-state index contributed by atoms with van der Waals surface area (Å²) in [5.74, 6) is 0.457. The minimum atomic E-state index is -0.675. The Morgan fingerprint density at radius 1 is 0.903 bits per heavy atom. The molecule has 0 aliphatic carbocycles. The van der Waals surface area contributed by atoms with Crippen LogP contribution in [0.15, 0.2) is 79.1 Å². The number of rotatable bonds is 6. The summed E-state index contributed by atoms with van der Waals surface area (Å²) in [4.78, 5) is 14.6. The maximum Gasteiger partial charge on any atom is 0.269 e. The first kappa shape index (κ1) is 19.0. The lowest BCUT2D eigenvalue weighted by molar-refractivity contribution is -0.384. The van der Waals surface area contributed by atoms with Crippen LogP contribution in [-0.2, 0) is 13.1 Å². The van der Waals surface area contributed by atoms with E-state index in [1.807, 2.05) is 24.3 Å². The van der Waals surface area contributed by atoms with Crippen molar-refractivity contribution in [2.75, 3.05) is 0 Å². The van der Waals surface area contributed by atoms with Gasteiger partial charge in [0, 0.05) is 39.5 Å². The van der Waals surface area contributed by atoms with Gasteiger partial charge in [-0.05, 0) is 24.3 Å². The number of nitro groups is 1. The number of benzene rings is 3. The molecule has 5 aromatic rings. The van der Waals surface area contributed by atoms with Gasteiger partial charge in [-0.2, -0.15) is 5.10 Å². The molecule has 0 bridgehead atoms. The highest BCUT2D eigenvalue weighted by atomic mass is 16.6. The van der Waals surface area contributed by atoms with Crippen molar-refractivity contribution in [1.29, 1.82) is 0 Å². The highest BCUT2D eigenvalue weighted by molar-refractivity contribution is 6.07. The van der Waals surface area contributed by atoms with Crippen molar-refractivity contribution in [3.8, 4) is 11.4 Å². The molecule has 31 heavy (non-hydrogen) atoms. The Bertz CT molecular complexity index is 1330. The second-order valence-electron chi connectivity index (χ2n) is 7.39. The van der Waals surface area contributed by atoms with Crippen LogP contribution in [0.4, 0.5) is 5.69 Å². The summed E-state index contributed by atoms with van der Waals surface area (Å²) in [6.45, 7) is 0.696. The number of hydrogen-bond acceptors (Lipinski definition) is 5. The van der Waals surface area contributed by atoms with Crippen molar-refractivity contribution >= 4 is 27.5 Å². The van der Waals surface area contributed by atoms with E-state index in [4.69, 9.17) is 0 Å². The molecule has 0 radical (unpaired) electrons. The van der Waals surface area contributed by atoms with Crippen molar-refractivity contribution < 1.29 is 10.0 Å². The minimum absolute atomic E-state index is 0.0183. The van der Waals surface area contributed by atoms with Crippen molar-refractivity contribution in [3.05, 3.63) is 89.2 Å². The van der Waals surface area contributed by atoms with Gasteiger partial charge in [0.25, 0.3) is 5.69 Å². The van der Waals surface area contributed by atoms with Crippen molar-refractivity contribution in [2.45, 2.75) is 19.2 Å². The smallest absolute Gasteiger partial charge is 0.269 e. The third-order valence-electron chi connectivity index (χ3n) is 5.34. The van der Waals surface area contributed by atoms with Crippen LogP contribution in [0.1, 0.15) is 0 Å². The highest BCUT2D eigenvalue weighted by Crippen LogP contribution is 2.29. The van der Waals surface area contributed by atoms with Crippen molar-refractivity contribution in [2.24, 2.45) is 0 Å². The van der Waals surface area contributed by atoms with E-state index >= 15 is 0 Å². The van der Waals surface area contributed by atoms with Crippen LogP contribution in [0.2, 0.25) is 0 Å². The number of para-hydroxylation sites is 2. The summed E-state index contributed by atoms with van der Waals surface area (Å²) in [6.07, 6.45) is 0.886. The molecule has 0 aliphatic rings. The topological polar surface area (TPSA) is 99.0 Å². The Labute approximate surface area is 177 Å². The van der Waals surface area contributed by atoms with E-state index < -0.39 is 11.0 Å². The molecule has 2 aromatic heterocycles. The first-order valence-electron chi connectivity index (χ1n) is 9.88. The fourth-order valence-corrected chi connectivity index (χ4v) is 3.93. The first-order chi connectivity index (χ1) is 15.1. The molecule has 1 N–H and O–H groups in total. The van der Waals surface area contributed by atoms with Crippen molar-refractivity contribution in [1.82, 2.24) is 19.3 Å². The lowest BCUT2D eigenvalue weighted by atomic mass is 10.2. The van der Waals surface area contributed by atoms with E-state index in [1.54, 1.807) is 23.1 Å². The predicted octanol–water partition coefficient (Wildman–Crippen LogP) is 4.02. The Morgan fingerprint density at radius 3 is 2.13 bits per heavy atom. The quantitative estimate of drug-likeness (QED) is 0.335. The number of aliphatic hydroxyl groups is 1. The maximum absolute atomic E-state index is 10.8. The van der Waals surface area contributed by atoms with Crippen LogP contribution in [0.5, 0.6) is 0 Å². The second kappa shape index (κ2) is 7.66. The molecule has 0 saturated heterocycles. The van der Waals surface area contributed by atoms with Crippen LogP contribution in [0.3, 0.4) is 0 Å². The molecule has 0 aliphatic heterocycles. The molecule has 5 rings (SSSR count). The number of non-ortho nitro benzene ring substituents is 1. The van der Waals surface area contributed by atoms with Gasteiger partial charge in [0.15, 0.2) is 5.82 Å². The maximum atomic E-state index is 10.8. The molecule has 0 spiro atoms. The molecule has 8 heteroatoms. The van der Waals surface area contributed by atoms with Gasteiger partial charge >= 0.3 is 0 Å². The van der Waals surface area contributed by atoms with Crippen LogP contribution < -0.4 is 0 Å². The molecule has 1 atom stereocenters. The highest BCUT2D eigenvalue weighted by Gasteiger charge is 2.15. The summed E-state index contributed by atoms with van der Waals surface area (Å²) >= 11 is 0. The zero-order valence-electron chi connectivity index (χ0n) is 16.5. The third kappa shape index (κ3) is 3.53. The second-order valence-corrected chi connectivity index (χ2v) is 7.39. The monoisotopic (exact) mass is 413 g/mol. The van der Waals surface area contributed by atoms with Gasteiger partial charge in [-0.25, -0.2) is 9.67 Å². The summed E-state index contributed by atoms with van der Waals surface area (Å²) < 4.78 is 3.72. The molecule has 0 fully saturated rings. The Hall–Kier alpha value is -4.04. The fourth-order valence-electron chi connectivity index (χ4n) is 3.93. The van der Waals surface area contributed by atoms with E-state index in [9.17, 15) is 15.2 Å². The largest absolute Gasteiger partial charge is 0.389 e. The predicted molar refractivity (Wildman–Crippen MR) is 118 cm³/mol. The van der Waals surface area contributed by atoms with Gasteiger partial charge in [0.2, 0.25) is 0 Å². The van der Waals surface area contributed by atoms with E-state index in [1.165, 1.54) is 12.1 Å². The third-order valence-corrected chi connectivity index (χ3v) is 5.34. The fraction of sp³-hybridized carbons (Fsp3) is 0.130. The van der Waals surface area contributed by atoms with Crippen LogP contribution in [0, 0.1) is 10.1 Å². The van der Waals surface area contributed by atoms with E-state index in [2.05, 4.69) is 38.9 Å². The Kier molecular flexibility index (Phi) is 4.68. The zero-order chi connectivity index (χ0) is 21.4. The van der Waals surface area contributed by atoms with Gasteiger partial charge in [-0.1, -0.05) is 36.4 Å². The molecule has 0 amide bonds. The van der Waals surface area contributed by atoms with Crippen LogP contribution in [-0.4, -0.2) is 35.5 Å². The minimum Gasteiger partial charge on any atom is -0.389 e. The Morgan fingerprint density at radius 2 is 1.52 bits per heavy atom. The lowest BCUT2D eigenvalue weighted by Crippen LogP contribution is -2.22. The first-order valence-corrected chi connectivity index (χ1v) is 9.88. The summed E-state index contributed by atoms with van der Waals surface area (Å²) in [5, 5.41) is 28.3. The number of fused-ring (bicyclic) bond motifs is 3. The van der Waals surface area contributed by atoms with E-state index in [-0.39, 0.29) is 12.2 Å². The molecule has 8 nitrogen and oxygen atoms in total. The molecule has 2 heterocycles. The van der Waals surface area contributed by atoms with E-state index in [0.717, 1.165) is 21.8 Å².